The zero-order chi connectivity index (χ0) is 11.6. The van der Waals surface area contributed by atoms with Gasteiger partial charge >= 0.3 is 6.18 Å². The Hall–Kier alpha value is -0.940. The molecule has 0 aliphatic heterocycles. The zero-order valence-corrected chi connectivity index (χ0v) is 8.36. The van der Waals surface area contributed by atoms with Crippen LogP contribution in [0.5, 0.6) is 5.75 Å². The molecule has 0 aromatic heterocycles. The second-order valence-electron chi connectivity index (χ2n) is 2.99. The molecule has 1 aromatic rings. The van der Waals surface area contributed by atoms with E-state index in [0.717, 1.165) is 6.07 Å². The van der Waals surface area contributed by atoms with Crippen molar-refractivity contribution in [3.05, 3.63) is 28.3 Å². The number of halogens is 4. The molecule has 1 aromatic carbocycles. The van der Waals surface area contributed by atoms with Crippen LogP contribution >= 0.6 is 11.6 Å². The largest absolute Gasteiger partial charge is 0.508 e. The van der Waals surface area contributed by atoms with Crippen LogP contribution in [0.2, 0.25) is 5.02 Å². The molecule has 0 atom stereocenters. The summed E-state index contributed by atoms with van der Waals surface area (Å²) in [5, 5.41) is 9.21. The molecule has 84 valence electrons. The van der Waals surface area contributed by atoms with Crippen LogP contribution in [0.15, 0.2) is 12.1 Å². The predicted octanol–water partition coefficient (Wildman–Crippen LogP) is 2.57. The maximum Gasteiger partial charge on any atom is 0.416 e. The Labute approximate surface area is 89.5 Å². The summed E-state index contributed by atoms with van der Waals surface area (Å²) in [5.74, 6) is -0.472. The van der Waals surface area contributed by atoms with Crippen molar-refractivity contribution in [3.63, 3.8) is 0 Å². The lowest BCUT2D eigenvalue weighted by Gasteiger charge is -2.11. The molecule has 0 heterocycles. The molecule has 2 nitrogen and oxygen atoms in total. The Morgan fingerprint density at radius 3 is 2.33 bits per heavy atom. The Balaban J connectivity index is 3.19. The van der Waals surface area contributed by atoms with Gasteiger partial charge in [-0.05, 0) is 25.1 Å². The number of hydrogen-bond donors (Lipinski definition) is 2. The molecule has 1 rings (SSSR count). The average molecular weight is 240 g/mol. The molecule has 0 aliphatic carbocycles. The van der Waals surface area contributed by atoms with E-state index in [1.54, 1.807) is 0 Å². The molecule has 0 spiro atoms. The van der Waals surface area contributed by atoms with Crippen molar-refractivity contribution >= 4 is 11.6 Å². The minimum Gasteiger partial charge on any atom is -0.508 e. The predicted molar refractivity (Wildman–Crippen MR) is 50.9 cm³/mol. The lowest BCUT2D eigenvalue weighted by molar-refractivity contribution is -0.137. The van der Waals surface area contributed by atoms with Gasteiger partial charge in [-0.15, -0.1) is 0 Å². The van der Waals surface area contributed by atoms with Gasteiger partial charge in [-0.1, -0.05) is 11.6 Å². The molecule has 15 heavy (non-hydrogen) atoms. The first kappa shape index (κ1) is 12.1. The van der Waals surface area contributed by atoms with Crippen LogP contribution in [-0.2, 0) is 12.6 Å². The summed E-state index contributed by atoms with van der Waals surface area (Å²) >= 11 is 5.60. The highest BCUT2D eigenvalue weighted by atomic mass is 35.5. The molecule has 3 N–H and O–H groups in total. The van der Waals surface area contributed by atoms with E-state index in [1.807, 2.05) is 0 Å². The smallest absolute Gasteiger partial charge is 0.416 e. The fourth-order valence-electron chi connectivity index (χ4n) is 1.18. The van der Waals surface area contributed by atoms with Crippen LogP contribution in [0.1, 0.15) is 11.1 Å². The van der Waals surface area contributed by atoms with Gasteiger partial charge < -0.3 is 10.8 Å². The van der Waals surface area contributed by atoms with E-state index < -0.39 is 17.5 Å². The number of hydrogen-bond acceptors (Lipinski definition) is 2. The van der Waals surface area contributed by atoms with Gasteiger partial charge in [0.05, 0.1) is 5.56 Å². The van der Waals surface area contributed by atoms with E-state index in [2.05, 4.69) is 0 Å². The first-order valence-corrected chi connectivity index (χ1v) is 4.52. The highest BCUT2D eigenvalue weighted by Gasteiger charge is 2.32. The van der Waals surface area contributed by atoms with E-state index in [1.165, 1.54) is 0 Å². The third-order valence-electron chi connectivity index (χ3n) is 1.89. The normalized spacial score (nSPS) is 11.8. The Morgan fingerprint density at radius 2 is 1.93 bits per heavy atom. The lowest BCUT2D eigenvalue weighted by Crippen LogP contribution is -2.07. The van der Waals surface area contributed by atoms with Gasteiger partial charge in [0.1, 0.15) is 5.75 Å². The van der Waals surface area contributed by atoms with Gasteiger partial charge in [-0.25, -0.2) is 0 Å². The number of phenols is 1. The molecule has 0 aliphatic rings. The average Bonchev–Trinajstić information content (AvgIpc) is 2.09. The third kappa shape index (κ3) is 2.76. The fraction of sp³-hybridized carbons (Fsp3) is 0.333. The van der Waals surface area contributed by atoms with Crippen LogP contribution in [0.4, 0.5) is 13.2 Å². The first-order chi connectivity index (χ1) is 6.86. The second kappa shape index (κ2) is 4.28. The fourth-order valence-corrected chi connectivity index (χ4v) is 1.49. The summed E-state index contributed by atoms with van der Waals surface area (Å²) in [7, 11) is 0. The molecule has 0 bridgehead atoms. The zero-order valence-electron chi connectivity index (χ0n) is 7.61. The SMILES string of the molecule is NCCc1c(O)cc(C(F)(F)F)cc1Cl. The van der Waals surface area contributed by atoms with Crippen molar-refractivity contribution in [2.45, 2.75) is 12.6 Å². The summed E-state index contributed by atoms with van der Waals surface area (Å²) in [5.41, 5.74) is 4.51. The van der Waals surface area contributed by atoms with Crippen LogP contribution in [0, 0.1) is 0 Å². The number of aromatic hydroxyl groups is 1. The van der Waals surface area contributed by atoms with E-state index in [0.29, 0.717) is 6.07 Å². The van der Waals surface area contributed by atoms with Crippen molar-refractivity contribution < 1.29 is 18.3 Å². The van der Waals surface area contributed by atoms with Gasteiger partial charge in [0.15, 0.2) is 0 Å². The highest BCUT2D eigenvalue weighted by Crippen LogP contribution is 2.36. The quantitative estimate of drug-likeness (QED) is 0.833. The number of nitrogens with two attached hydrogens (primary N) is 1. The third-order valence-corrected chi connectivity index (χ3v) is 2.23. The number of phenolic OH excluding ortho intramolecular Hbond substituents is 1. The Kier molecular flexibility index (Phi) is 3.46. The minimum absolute atomic E-state index is 0.118. The maximum atomic E-state index is 12.3. The number of benzene rings is 1. The second-order valence-corrected chi connectivity index (χ2v) is 3.40. The topological polar surface area (TPSA) is 46.2 Å². The van der Waals surface area contributed by atoms with Gasteiger partial charge in [0.2, 0.25) is 0 Å². The van der Waals surface area contributed by atoms with Crippen molar-refractivity contribution in [1.29, 1.82) is 0 Å². The maximum absolute atomic E-state index is 12.3. The highest BCUT2D eigenvalue weighted by molar-refractivity contribution is 6.31. The number of alkyl halides is 3. The van der Waals surface area contributed by atoms with E-state index in [4.69, 9.17) is 17.3 Å². The summed E-state index contributed by atoms with van der Waals surface area (Å²) in [6, 6.07) is 1.43. The molecule has 0 unspecified atom stereocenters. The van der Waals surface area contributed by atoms with Crippen LogP contribution in [0.25, 0.3) is 0 Å². The monoisotopic (exact) mass is 239 g/mol. The molecule has 6 heteroatoms. The molecule has 0 radical (unpaired) electrons. The summed E-state index contributed by atoms with van der Waals surface area (Å²) in [6.07, 6.45) is -4.27. The summed E-state index contributed by atoms with van der Waals surface area (Å²) < 4.78 is 36.8. The molecular weight excluding hydrogens is 231 g/mol. The van der Waals surface area contributed by atoms with E-state index in [9.17, 15) is 18.3 Å². The first-order valence-electron chi connectivity index (χ1n) is 4.15. The molecule has 0 saturated carbocycles. The Morgan fingerprint density at radius 1 is 1.33 bits per heavy atom. The lowest BCUT2D eigenvalue weighted by atomic mass is 10.1. The van der Waals surface area contributed by atoms with Crippen molar-refractivity contribution in [2.75, 3.05) is 6.54 Å². The van der Waals surface area contributed by atoms with Gasteiger partial charge in [-0.3, -0.25) is 0 Å². The molecule has 0 fully saturated rings. The van der Waals surface area contributed by atoms with Crippen molar-refractivity contribution in [1.82, 2.24) is 0 Å². The van der Waals surface area contributed by atoms with Crippen LogP contribution in [-0.4, -0.2) is 11.7 Å². The molecule has 0 saturated heterocycles. The van der Waals surface area contributed by atoms with Crippen LogP contribution < -0.4 is 5.73 Å². The molecule has 0 amide bonds. The minimum atomic E-state index is -4.51. The van der Waals surface area contributed by atoms with E-state index in [-0.39, 0.29) is 23.6 Å². The summed E-state index contributed by atoms with van der Waals surface area (Å²) in [4.78, 5) is 0. The van der Waals surface area contributed by atoms with Gasteiger partial charge in [0.25, 0.3) is 0 Å². The Bertz CT molecular complexity index is 342. The van der Waals surface area contributed by atoms with Gasteiger partial charge in [-0.2, -0.15) is 13.2 Å². The van der Waals surface area contributed by atoms with E-state index >= 15 is 0 Å². The standard InChI is InChI=1S/C9H9ClF3NO/c10-7-3-5(9(11,12)13)4-8(15)6(7)1-2-14/h3-4,15H,1-2,14H2. The van der Waals surface area contributed by atoms with Crippen LogP contribution in [0.3, 0.4) is 0 Å². The number of rotatable bonds is 2. The van der Waals surface area contributed by atoms with Crippen molar-refractivity contribution in [2.24, 2.45) is 5.73 Å². The van der Waals surface area contributed by atoms with Gasteiger partial charge in [0, 0.05) is 10.6 Å². The summed E-state index contributed by atoms with van der Waals surface area (Å²) in [6.45, 7) is 0.207. The molecular formula is C9H9ClF3NO. The van der Waals surface area contributed by atoms with Crippen molar-refractivity contribution in [3.8, 4) is 5.75 Å².